The van der Waals surface area contributed by atoms with Gasteiger partial charge < -0.3 is 20.2 Å². The van der Waals surface area contributed by atoms with Crippen LogP contribution in [0.5, 0.6) is 0 Å². The Morgan fingerprint density at radius 3 is 2.27 bits per heavy atom. The maximum atomic E-state index is 15.0. The molecule has 1 radical (unpaired) electrons. The van der Waals surface area contributed by atoms with E-state index in [0.717, 1.165) is 9.80 Å². The molecule has 219 valence electrons. The maximum Gasteiger partial charge on any atom is 0.407 e. The Hall–Kier alpha value is -3.33. The third kappa shape index (κ3) is 6.15. The predicted molar refractivity (Wildman–Crippen MR) is 145 cm³/mol. The van der Waals surface area contributed by atoms with Gasteiger partial charge in [-0.1, -0.05) is 44.0 Å². The van der Waals surface area contributed by atoms with E-state index in [9.17, 15) is 36.7 Å². The minimum Gasteiger partial charge on any atom is -0.465 e. The number of hydrogen-bond acceptors (Lipinski definition) is 6. The number of benzene rings is 1. The first-order valence-corrected chi connectivity index (χ1v) is 14.2. The van der Waals surface area contributed by atoms with Crippen molar-refractivity contribution in [1.82, 2.24) is 14.8 Å². The number of hydrogen-bond donors (Lipinski definition) is 3. The average Bonchev–Trinajstić information content (AvgIpc) is 3.40. The lowest BCUT2D eigenvalue weighted by Crippen LogP contribution is -2.43. The lowest BCUT2D eigenvalue weighted by atomic mass is 9.95. The Balaban J connectivity index is 1.77. The molecule has 41 heavy (non-hydrogen) atoms. The number of primary sulfonamides is 1. The van der Waals surface area contributed by atoms with Gasteiger partial charge in [-0.2, -0.15) is 0 Å². The van der Waals surface area contributed by atoms with E-state index in [1.807, 2.05) is 0 Å². The molecule has 16 heteroatoms. The summed E-state index contributed by atoms with van der Waals surface area (Å²) in [5, 5.41) is 17.1. The monoisotopic (exact) mass is 630 g/mol. The van der Waals surface area contributed by atoms with Crippen LogP contribution < -0.4 is 10.5 Å². The number of pyridine rings is 1. The Kier molecular flexibility index (Phi) is 8.08. The molecular formula is C25H24Cl2F2N5O6S. The molecule has 4 N–H and O–H groups in total. The van der Waals surface area contributed by atoms with Crippen molar-refractivity contribution in [3.63, 3.8) is 0 Å². The average molecular weight is 631 g/mol. The summed E-state index contributed by atoms with van der Waals surface area (Å²) in [6.45, 7) is 4.66. The van der Waals surface area contributed by atoms with Crippen molar-refractivity contribution in [3.8, 4) is 0 Å². The van der Waals surface area contributed by atoms with Crippen LogP contribution in [0.15, 0.2) is 34.2 Å². The van der Waals surface area contributed by atoms with Gasteiger partial charge in [-0.3, -0.25) is 9.59 Å². The van der Waals surface area contributed by atoms with Crippen LogP contribution in [0.2, 0.25) is 10.2 Å². The molecule has 11 nitrogen and oxygen atoms in total. The van der Waals surface area contributed by atoms with Gasteiger partial charge in [0.2, 0.25) is 15.9 Å². The molecule has 2 aliphatic rings. The summed E-state index contributed by atoms with van der Waals surface area (Å²) in [4.78, 5) is 43.5. The van der Waals surface area contributed by atoms with Gasteiger partial charge >= 0.3 is 6.09 Å². The van der Waals surface area contributed by atoms with Gasteiger partial charge in [-0.05, 0) is 29.3 Å². The summed E-state index contributed by atoms with van der Waals surface area (Å²) in [7, 11) is -4.47. The quantitative estimate of drug-likeness (QED) is 0.335. The topological polar surface area (TPSA) is 163 Å². The number of nitrogens with one attached hydrogen (secondary N) is 1. The number of rotatable bonds is 5. The number of sulfonamides is 1. The molecule has 0 spiro atoms. The second-order valence-electron chi connectivity index (χ2n) is 10.5. The lowest BCUT2D eigenvalue weighted by molar-refractivity contribution is -0.123. The van der Waals surface area contributed by atoms with Crippen LogP contribution in [0.3, 0.4) is 0 Å². The molecule has 3 amide bonds. The van der Waals surface area contributed by atoms with Crippen molar-refractivity contribution in [2.45, 2.75) is 31.7 Å². The number of carbonyl (C=O) groups is 3. The van der Waals surface area contributed by atoms with Crippen LogP contribution in [0, 0.1) is 23.5 Å². The second kappa shape index (κ2) is 10.8. The molecule has 0 aliphatic carbocycles. The van der Waals surface area contributed by atoms with Crippen molar-refractivity contribution >= 4 is 56.8 Å². The van der Waals surface area contributed by atoms with Crippen LogP contribution in [-0.4, -0.2) is 71.9 Å². The van der Waals surface area contributed by atoms with Gasteiger partial charge in [0.25, 0.3) is 5.91 Å². The van der Waals surface area contributed by atoms with Crippen LogP contribution in [0.25, 0.3) is 0 Å². The molecule has 4 rings (SSSR count). The SMILES string of the molecule is CC(C)(C)C(=O)Nc1cc(Cl)c(Cl)nc1[CH]C1C2=C(CN(C(=O)O)C2)CN1C(=O)c1c(F)cc(S(N)(=O)=O)cc1F. The van der Waals surface area contributed by atoms with E-state index < -0.39 is 61.5 Å². The summed E-state index contributed by atoms with van der Waals surface area (Å²) >= 11 is 12.3. The zero-order valence-electron chi connectivity index (χ0n) is 21.8. The predicted octanol–water partition coefficient (Wildman–Crippen LogP) is 3.67. The summed E-state index contributed by atoms with van der Waals surface area (Å²) in [5.74, 6) is -4.45. The lowest BCUT2D eigenvalue weighted by Gasteiger charge is -2.30. The molecule has 0 saturated heterocycles. The molecule has 0 fully saturated rings. The molecule has 0 saturated carbocycles. The van der Waals surface area contributed by atoms with Gasteiger partial charge in [0.05, 0.1) is 27.3 Å². The number of carbonyl (C=O) groups excluding carboxylic acids is 2. The molecule has 0 bridgehead atoms. The van der Waals surface area contributed by atoms with Crippen molar-refractivity contribution in [2.24, 2.45) is 10.6 Å². The highest BCUT2D eigenvalue weighted by Crippen LogP contribution is 2.38. The van der Waals surface area contributed by atoms with Gasteiger partial charge in [0, 0.05) is 31.5 Å². The minimum atomic E-state index is -4.47. The Bertz CT molecular complexity index is 1600. The number of amides is 3. The zero-order chi connectivity index (χ0) is 30.6. The molecule has 3 heterocycles. The molecular weight excluding hydrogens is 607 g/mol. The first kappa shape index (κ1) is 30.6. The Morgan fingerprint density at radius 1 is 1.12 bits per heavy atom. The highest BCUT2D eigenvalue weighted by atomic mass is 35.5. The number of carboxylic acid groups (broad SMARTS) is 1. The number of aromatic nitrogens is 1. The molecule has 2 aromatic rings. The number of nitrogens with zero attached hydrogens (tertiary/aromatic N) is 3. The third-order valence-corrected chi connectivity index (χ3v) is 8.11. The fraction of sp³-hybridized carbons (Fsp3) is 0.320. The fourth-order valence-corrected chi connectivity index (χ4v) is 5.24. The van der Waals surface area contributed by atoms with E-state index in [4.69, 9.17) is 28.3 Å². The summed E-state index contributed by atoms with van der Waals surface area (Å²) in [6.07, 6.45) is 0.193. The van der Waals surface area contributed by atoms with E-state index in [0.29, 0.717) is 23.3 Å². The molecule has 2 aliphatic heterocycles. The number of anilines is 1. The Morgan fingerprint density at radius 2 is 1.73 bits per heavy atom. The number of halogens is 4. The first-order chi connectivity index (χ1) is 18.9. The molecule has 1 atom stereocenters. The van der Waals surface area contributed by atoms with E-state index in [1.54, 1.807) is 20.8 Å². The van der Waals surface area contributed by atoms with E-state index >= 15 is 0 Å². The van der Waals surface area contributed by atoms with Crippen molar-refractivity contribution < 1.29 is 36.7 Å². The number of nitrogens with two attached hydrogens (primary N) is 1. The highest BCUT2D eigenvalue weighted by Gasteiger charge is 2.43. The van der Waals surface area contributed by atoms with Gasteiger partial charge in [-0.25, -0.2) is 32.1 Å². The summed E-state index contributed by atoms with van der Waals surface area (Å²) < 4.78 is 53.1. The van der Waals surface area contributed by atoms with E-state index in [1.165, 1.54) is 12.5 Å². The summed E-state index contributed by atoms with van der Waals surface area (Å²) in [5.41, 5.74) is -0.680. The third-order valence-electron chi connectivity index (χ3n) is 6.55. The van der Waals surface area contributed by atoms with Gasteiger partial charge in [-0.15, -0.1) is 0 Å². The van der Waals surface area contributed by atoms with Crippen molar-refractivity contribution in [3.05, 3.63) is 68.8 Å². The van der Waals surface area contributed by atoms with Crippen LogP contribution >= 0.6 is 23.2 Å². The highest BCUT2D eigenvalue weighted by molar-refractivity contribution is 7.89. The minimum absolute atomic E-state index is 0.0179. The largest absolute Gasteiger partial charge is 0.465 e. The van der Waals surface area contributed by atoms with Crippen LogP contribution in [-0.2, 0) is 14.8 Å². The van der Waals surface area contributed by atoms with Gasteiger partial charge in [0.1, 0.15) is 22.4 Å². The smallest absolute Gasteiger partial charge is 0.407 e. The first-order valence-electron chi connectivity index (χ1n) is 11.9. The fourth-order valence-electron chi connectivity index (χ4n) is 4.40. The molecule has 1 unspecified atom stereocenters. The second-order valence-corrected chi connectivity index (χ2v) is 12.8. The standard InChI is InChI=1S/C25H24Cl2F2N5O6S/c1-25(2,3)23(36)32-17-6-14(26)21(27)31-18(17)7-19-13-10-33(24(37)38)8-11(13)9-34(19)22(35)20-15(28)4-12(5-16(20)29)41(30,39)40/h4-7,19H,8-10H2,1-3H3,(H,32,36)(H,37,38)(H2,30,39,40). The van der Waals surface area contributed by atoms with E-state index in [-0.39, 0.29) is 41.2 Å². The van der Waals surface area contributed by atoms with Gasteiger partial charge in [0.15, 0.2) is 0 Å². The van der Waals surface area contributed by atoms with Crippen molar-refractivity contribution in [1.29, 1.82) is 0 Å². The van der Waals surface area contributed by atoms with E-state index in [2.05, 4.69) is 10.3 Å². The zero-order valence-corrected chi connectivity index (χ0v) is 24.2. The molecule has 1 aromatic carbocycles. The Labute approximate surface area is 244 Å². The van der Waals surface area contributed by atoms with Crippen LogP contribution in [0.4, 0.5) is 19.3 Å². The van der Waals surface area contributed by atoms with Crippen LogP contribution in [0.1, 0.15) is 36.8 Å². The van der Waals surface area contributed by atoms with Crippen molar-refractivity contribution in [2.75, 3.05) is 25.0 Å². The normalized spacial score (nSPS) is 17.2. The molecule has 1 aromatic heterocycles. The summed E-state index contributed by atoms with van der Waals surface area (Å²) in [6, 6.07) is 1.16. The maximum absolute atomic E-state index is 15.0.